The number of halogens is 1. The molecule has 0 amide bonds. The van der Waals surface area contributed by atoms with E-state index in [1.54, 1.807) is 20.4 Å². The van der Waals surface area contributed by atoms with E-state index in [9.17, 15) is 0 Å². The number of furan rings is 1. The first-order valence-electron chi connectivity index (χ1n) is 9.57. The van der Waals surface area contributed by atoms with Crippen LogP contribution in [0.15, 0.2) is 52.1 Å². The topological polar surface area (TPSA) is 77.3 Å². The third-order valence-corrected chi connectivity index (χ3v) is 3.93. The monoisotopic (exact) mass is 517 g/mol. The molecule has 0 bridgehead atoms. The molecule has 0 aliphatic rings. The van der Waals surface area contributed by atoms with Crippen LogP contribution >= 0.6 is 24.0 Å². The number of hydrogen-bond donors (Lipinski definition) is 2. The summed E-state index contributed by atoms with van der Waals surface area (Å²) in [5, 5.41) is 6.60. The van der Waals surface area contributed by atoms with Crippen LogP contribution in [0, 0.1) is 0 Å². The van der Waals surface area contributed by atoms with Crippen LogP contribution in [0.2, 0.25) is 0 Å². The van der Waals surface area contributed by atoms with E-state index in [0.717, 1.165) is 42.4 Å². The van der Waals surface area contributed by atoms with Crippen molar-refractivity contribution in [2.45, 2.75) is 26.0 Å². The zero-order valence-corrected chi connectivity index (χ0v) is 19.5. The standard InChI is InChI=1S/C21H31N3O4.HI/c1-22-21(23-10-5-12-26-17-20-9-4-13-28-20)24-16-18-7-3-8-19(15-18)27-14-6-11-25-2;/h3-4,7-9,13,15H,5-6,10-12,14,16-17H2,1-2H3,(H2,22,23,24);1H. The summed E-state index contributed by atoms with van der Waals surface area (Å²) in [6, 6.07) is 11.8. The Kier molecular flexibility index (Phi) is 14.0. The minimum Gasteiger partial charge on any atom is -0.493 e. The van der Waals surface area contributed by atoms with Crippen LogP contribution in [0.4, 0.5) is 0 Å². The molecule has 8 heteroatoms. The van der Waals surface area contributed by atoms with Gasteiger partial charge in [-0.15, -0.1) is 24.0 Å². The first-order chi connectivity index (χ1) is 13.8. The highest BCUT2D eigenvalue weighted by Crippen LogP contribution is 2.13. The van der Waals surface area contributed by atoms with Crippen LogP contribution < -0.4 is 15.4 Å². The van der Waals surface area contributed by atoms with Crippen LogP contribution in [0.25, 0.3) is 0 Å². The lowest BCUT2D eigenvalue weighted by molar-refractivity contribution is 0.105. The van der Waals surface area contributed by atoms with E-state index < -0.39 is 0 Å². The molecule has 0 spiro atoms. The van der Waals surface area contributed by atoms with Crippen LogP contribution in [-0.2, 0) is 22.6 Å². The molecule has 1 aromatic heterocycles. The molecule has 7 nitrogen and oxygen atoms in total. The number of rotatable bonds is 13. The summed E-state index contributed by atoms with van der Waals surface area (Å²) in [5.41, 5.74) is 1.13. The quantitative estimate of drug-likeness (QED) is 0.183. The van der Waals surface area contributed by atoms with Gasteiger partial charge in [-0.2, -0.15) is 0 Å². The van der Waals surface area contributed by atoms with Crippen molar-refractivity contribution in [2.75, 3.05) is 40.5 Å². The molecule has 0 atom stereocenters. The Morgan fingerprint density at radius 3 is 2.72 bits per heavy atom. The predicted octanol–water partition coefficient (Wildman–Crippen LogP) is 3.58. The van der Waals surface area contributed by atoms with E-state index in [1.807, 2.05) is 30.3 Å². The van der Waals surface area contributed by atoms with Crippen molar-refractivity contribution in [1.82, 2.24) is 10.6 Å². The van der Waals surface area contributed by atoms with Crippen LogP contribution in [0.3, 0.4) is 0 Å². The molecule has 0 saturated heterocycles. The molecule has 0 fully saturated rings. The van der Waals surface area contributed by atoms with E-state index >= 15 is 0 Å². The Morgan fingerprint density at radius 1 is 1.07 bits per heavy atom. The van der Waals surface area contributed by atoms with Crippen molar-refractivity contribution in [3.05, 3.63) is 54.0 Å². The zero-order chi connectivity index (χ0) is 19.9. The lowest BCUT2D eigenvalue weighted by Crippen LogP contribution is -2.37. The van der Waals surface area contributed by atoms with Gasteiger partial charge in [0.1, 0.15) is 18.1 Å². The van der Waals surface area contributed by atoms with E-state index in [2.05, 4.69) is 21.7 Å². The van der Waals surface area contributed by atoms with Crippen molar-refractivity contribution in [1.29, 1.82) is 0 Å². The van der Waals surface area contributed by atoms with Gasteiger partial charge in [0.2, 0.25) is 0 Å². The van der Waals surface area contributed by atoms with Crippen LogP contribution in [0.1, 0.15) is 24.2 Å². The van der Waals surface area contributed by atoms with Crippen molar-refractivity contribution < 1.29 is 18.6 Å². The fourth-order valence-electron chi connectivity index (χ4n) is 2.49. The number of nitrogens with zero attached hydrogens (tertiary/aromatic N) is 1. The molecule has 0 saturated carbocycles. The summed E-state index contributed by atoms with van der Waals surface area (Å²) in [7, 11) is 3.46. The number of ether oxygens (including phenoxy) is 3. The van der Waals surface area contributed by atoms with Gasteiger partial charge in [-0.25, -0.2) is 0 Å². The minimum atomic E-state index is 0. The second-order valence-electron chi connectivity index (χ2n) is 6.18. The molecule has 0 aliphatic heterocycles. The van der Waals surface area contributed by atoms with Crippen LogP contribution in [-0.4, -0.2) is 46.5 Å². The third kappa shape index (κ3) is 11.1. The van der Waals surface area contributed by atoms with Gasteiger partial charge < -0.3 is 29.3 Å². The molecule has 0 unspecified atom stereocenters. The lowest BCUT2D eigenvalue weighted by Gasteiger charge is -2.13. The van der Waals surface area contributed by atoms with Gasteiger partial charge in [0.05, 0.1) is 12.9 Å². The maximum atomic E-state index is 5.74. The second kappa shape index (κ2) is 16.1. The van der Waals surface area contributed by atoms with Crippen molar-refractivity contribution in [3.63, 3.8) is 0 Å². The number of guanidine groups is 1. The van der Waals surface area contributed by atoms with Gasteiger partial charge in [0, 0.05) is 46.9 Å². The van der Waals surface area contributed by atoms with Gasteiger partial charge in [-0.1, -0.05) is 12.1 Å². The summed E-state index contributed by atoms with van der Waals surface area (Å²) in [4.78, 5) is 4.25. The molecular weight excluding hydrogens is 485 g/mol. The summed E-state index contributed by atoms with van der Waals surface area (Å²) in [6.45, 7) is 3.97. The van der Waals surface area contributed by atoms with Gasteiger partial charge in [-0.05, 0) is 36.2 Å². The first kappa shape index (κ1) is 25.3. The number of methoxy groups -OCH3 is 1. The fourth-order valence-corrected chi connectivity index (χ4v) is 2.49. The zero-order valence-electron chi connectivity index (χ0n) is 17.2. The summed E-state index contributed by atoms with van der Waals surface area (Å²) in [5.74, 6) is 2.47. The Bertz CT molecular complexity index is 680. The van der Waals surface area contributed by atoms with E-state index in [0.29, 0.717) is 33.0 Å². The summed E-state index contributed by atoms with van der Waals surface area (Å²) >= 11 is 0. The van der Waals surface area contributed by atoms with Crippen molar-refractivity contribution in [3.8, 4) is 5.75 Å². The lowest BCUT2D eigenvalue weighted by atomic mass is 10.2. The average Bonchev–Trinajstić information content (AvgIpc) is 3.24. The SMILES string of the molecule is CN=C(NCCCOCc1ccco1)NCc1cccc(OCCCOC)c1.I. The molecular formula is C21H32IN3O4. The largest absolute Gasteiger partial charge is 0.493 e. The molecule has 0 radical (unpaired) electrons. The number of nitrogens with one attached hydrogen (secondary N) is 2. The molecule has 2 N–H and O–H groups in total. The van der Waals surface area contributed by atoms with Gasteiger partial charge >= 0.3 is 0 Å². The Hall–Kier alpha value is -1.78. The highest BCUT2D eigenvalue weighted by atomic mass is 127. The second-order valence-corrected chi connectivity index (χ2v) is 6.18. The molecule has 0 aliphatic carbocycles. The molecule has 2 rings (SSSR count). The number of hydrogen-bond acceptors (Lipinski definition) is 5. The Labute approximate surface area is 190 Å². The molecule has 1 aromatic carbocycles. The number of aliphatic imine (C=N–C) groups is 1. The smallest absolute Gasteiger partial charge is 0.191 e. The van der Waals surface area contributed by atoms with E-state index in [-0.39, 0.29) is 24.0 Å². The normalized spacial score (nSPS) is 11.0. The molecule has 2 aromatic rings. The average molecular weight is 517 g/mol. The number of benzene rings is 1. The maximum Gasteiger partial charge on any atom is 0.191 e. The molecule has 162 valence electrons. The third-order valence-electron chi connectivity index (χ3n) is 3.93. The highest BCUT2D eigenvalue weighted by Gasteiger charge is 2.01. The maximum absolute atomic E-state index is 5.74. The van der Waals surface area contributed by atoms with E-state index in [1.165, 1.54) is 0 Å². The van der Waals surface area contributed by atoms with E-state index in [4.69, 9.17) is 18.6 Å². The molecule has 1 heterocycles. The highest BCUT2D eigenvalue weighted by molar-refractivity contribution is 14.0. The van der Waals surface area contributed by atoms with Crippen LogP contribution in [0.5, 0.6) is 5.75 Å². The van der Waals surface area contributed by atoms with Gasteiger partial charge in [0.25, 0.3) is 0 Å². The minimum absolute atomic E-state index is 0. The summed E-state index contributed by atoms with van der Waals surface area (Å²) < 4.78 is 21.6. The first-order valence-corrected chi connectivity index (χ1v) is 9.57. The molecule has 29 heavy (non-hydrogen) atoms. The summed E-state index contributed by atoms with van der Waals surface area (Å²) in [6.07, 6.45) is 3.41. The Morgan fingerprint density at radius 2 is 1.97 bits per heavy atom. The van der Waals surface area contributed by atoms with Gasteiger partial charge in [0.15, 0.2) is 5.96 Å². The van der Waals surface area contributed by atoms with Crippen molar-refractivity contribution in [2.24, 2.45) is 4.99 Å². The predicted molar refractivity (Wildman–Crippen MR) is 125 cm³/mol. The Balaban J connectivity index is 0.00000420. The van der Waals surface area contributed by atoms with Crippen molar-refractivity contribution >= 4 is 29.9 Å². The van der Waals surface area contributed by atoms with Gasteiger partial charge in [-0.3, -0.25) is 4.99 Å². The fraction of sp³-hybridized carbons (Fsp3) is 0.476.